The standard InChI is InChI=1S/C16H21NS/c1-2-3-13-4-6-14(7-5-13)15-8-10-16(11-9-15)18-12-17/h8-11,13-14H,2-7H2,1H3. The second kappa shape index (κ2) is 6.85. The van der Waals surface area contributed by atoms with Gasteiger partial charge in [0.1, 0.15) is 5.40 Å². The molecular formula is C16H21NS. The molecule has 1 aromatic rings. The van der Waals surface area contributed by atoms with Crippen molar-refractivity contribution in [1.29, 1.82) is 5.26 Å². The highest BCUT2D eigenvalue weighted by Crippen LogP contribution is 2.37. The molecule has 0 saturated heterocycles. The Hall–Kier alpha value is -0.940. The minimum Gasteiger partial charge on any atom is -0.185 e. The lowest BCUT2D eigenvalue weighted by atomic mass is 9.77. The summed E-state index contributed by atoms with van der Waals surface area (Å²) in [4.78, 5) is 1.06. The lowest BCUT2D eigenvalue weighted by molar-refractivity contribution is 0.308. The number of nitriles is 1. The van der Waals surface area contributed by atoms with Crippen molar-refractivity contribution in [3.8, 4) is 5.40 Å². The lowest BCUT2D eigenvalue weighted by Gasteiger charge is -2.28. The maximum absolute atomic E-state index is 8.63. The van der Waals surface area contributed by atoms with Crippen molar-refractivity contribution < 1.29 is 0 Å². The van der Waals surface area contributed by atoms with Crippen molar-refractivity contribution in [2.24, 2.45) is 5.92 Å². The highest BCUT2D eigenvalue weighted by molar-refractivity contribution is 8.03. The van der Waals surface area contributed by atoms with Crippen molar-refractivity contribution in [2.75, 3.05) is 0 Å². The molecule has 96 valence electrons. The Labute approximate surface area is 115 Å². The zero-order chi connectivity index (χ0) is 12.8. The van der Waals surface area contributed by atoms with Crippen LogP contribution in [0.3, 0.4) is 0 Å². The van der Waals surface area contributed by atoms with Crippen molar-refractivity contribution in [1.82, 2.24) is 0 Å². The topological polar surface area (TPSA) is 23.8 Å². The van der Waals surface area contributed by atoms with Gasteiger partial charge in [0.25, 0.3) is 0 Å². The first kappa shape index (κ1) is 13.5. The zero-order valence-electron chi connectivity index (χ0n) is 11.1. The Morgan fingerprint density at radius 3 is 2.39 bits per heavy atom. The predicted octanol–water partition coefficient (Wildman–Crippen LogP) is 5.33. The van der Waals surface area contributed by atoms with E-state index < -0.39 is 0 Å². The zero-order valence-corrected chi connectivity index (χ0v) is 11.9. The van der Waals surface area contributed by atoms with E-state index in [0.717, 1.165) is 16.7 Å². The second-order valence-electron chi connectivity index (χ2n) is 5.27. The van der Waals surface area contributed by atoms with E-state index in [1.165, 1.54) is 55.9 Å². The van der Waals surface area contributed by atoms with Crippen molar-refractivity contribution in [2.45, 2.75) is 56.3 Å². The number of hydrogen-bond acceptors (Lipinski definition) is 2. The van der Waals surface area contributed by atoms with Crippen molar-refractivity contribution >= 4 is 11.8 Å². The van der Waals surface area contributed by atoms with Gasteiger partial charge < -0.3 is 0 Å². The molecule has 0 spiro atoms. The molecule has 18 heavy (non-hydrogen) atoms. The van der Waals surface area contributed by atoms with Crippen molar-refractivity contribution in [3.05, 3.63) is 29.8 Å². The number of hydrogen-bond donors (Lipinski definition) is 0. The molecule has 0 aromatic heterocycles. The third-order valence-electron chi connectivity index (χ3n) is 4.06. The highest BCUT2D eigenvalue weighted by atomic mass is 32.2. The van der Waals surface area contributed by atoms with Crippen LogP contribution < -0.4 is 0 Å². The van der Waals surface area contributed by atoms with Gasteiger partial charge >= 0.3 is 0 Å². The monoisotopic (exact) mass is 259 g/mol. The first-order valence-electron chi connectivity index (χ1n) is 6.99. The lowest BCUT2D eigenvalue weighted by Crippen LogP contribution is -2.13. The number of thiocyanates is 1. The molecule has 2 rings (SSSR count). The Morgan fingerprint density at radius 1 is 1.17 bits per heavy atom. The molecule has 1 aliphatic carbocycles. The summed E-state index contributed by atoms with van der Waals surface area (Å²) < 4.78 is 0. The fourth-order valence-electron chi connectivity index (χ4n) is 3.05. The molecule has 1 fully saturated rings. The van der Waals surface area contributed by atoms with E-state index in [1.54, 1.807) is 0 Å². The Morgan fingerprint density at radius 2 is 1.83 bits per heavy atom. The maximum Gasteiger partial charge on any atom is 0.138 e. The molecule has 0 heterocycles. The fraction of sp³-hybridized carbons (Fsp3) is 0.562. The molecule has 1 aliphatic rings. The van der Waals surface area contributed by atoms with Crippen LogP contribution in [0.1, 0.15) is 56.9 Å². The predicted molar refractivity (Wildman–Crippen MR) is 77.5 cm³/mol. The normalized spacial score (nSPS) is 23.6. The number of nitrogens with zero attached hydrogens (tertiary/aromatic N) is 1. The van der Waals surface area contributed by atoms with E-state index in [2.05, 4.69) is 36.6 Å². The van der Waals surface area contributed by atoms with Crippen LogP contribution in [0.25, 0.3) is 0 Å². The summed E-state index contributed by atoms with van der Waals surface area (Å²) >= 11 is 1.24. The van der Waals surface area contributed by atoms with Crippen LogP contribution in [0.15, 0.2) is 29.2 Å². The number of benzene rings is 1. The molecule has 0 unspecified atom stereocenters. The van der Waals surface area contributed by atoms with Gasteiger partial charge in [-0.3, -0.25) is 0 Å². The third kappa shape index (κ3) is 3.53. The molecule has 0 amide bonds. The van der Waals surface area contributed by atoms with Gasteiger partial charge in [0.05, 0.1) is 0 Å². The Bertz CT molecular complexity index is 396. The summed E-state index contributed by atoms with van der Waals surface area (Å²) in [5, 5.41) is 10.7. The summed E-state index contributed by atoms with van der Waals surface area (Å²) in [7, 11) is 0. The van der Waals surface area contributed by atoms with Crippen LogP contribution in [0.5, 0.6) is 0 Å². The summed E-state index contributed by atoms with van der Waals surface area (Å²) in [6, 6.07) is 8.59. The van der Waals surface area contributed by atoms with Crippen LogP contribution in [0.2, 0.25) is 0 Å². The number of thioether (sulfide) groups is 1. The van der Waals surface area contributed by atoms with Gasteiger partial charge in [-0.05, 0) is 67.0 Å². The second-order valence-corrected chi connectivity index (χ2v) is 6.13. The summed E-state index contributed by atoms with van der Waals surface area (Å²) in [6.45, 7) is 2.29. The van der Waals surface area contributed by atoms with Gasteiger partial charge in [0.2, 0.25) is 0 Å². The molecular weight excluding hydrogens is 238 g/mol. The average Bonchev–Trinajstić information content (AvgIpc) is 2.41. The molecule has 2 heteroatoms. The summed E-state index contributed by atoms with van der Waals surface area (Å²) in [5.41, 5.74) is 1.47. The SMILES string of the molecule is CCCC1CCC(c2ccc(SC#N)cc2)CC1. The van der Waals surface area contributed by atoms with Crippen LogP contribution >= 0.6 is 11.8 Å². The van der Waals surface area contributed by atoms with Crippen LogP contribution in [-0.2, 0) is 0 Å². The van der Waals surface area contributed by atoms with Gasteiger partial charge in [-0.1, -0.05) is 31.9 Å². The van der Waals surface area contributed by atoms with Gasteiger partial charge in [-0.25, -0.2) is 0 Å². The molecule has 1 aromatic carbocycles. The van der Waals surface area contributed by atoms with Gasteiger partial charge in [0.15, 0.2) is 0 Å². The van der Waals surface area contributed by atoms with E-state index in [9.17, 15) is 0 Å². The molecule has 0 aliphatic heterocycles. The molecule has 0 N–H and O–H groups in total. The molecule has 0 atom stereocenters. The van der Waals surface area contributed by atoms with Gasteiger partial charge in [-0.2, -0.15) is 5.26 Å². The molecule has 1 saturated carbocycles. The van der Waals surface area contributed by atoms with Crippen LogP contribution in [0.4, 0.5) is 0 Å². The smallest absolute Gasteiger partial charge is 0.138 e. The fourth-order valence-corrected chi connectivity index (χ4v) is 3.43. The maximum atomic E-state index is 8.63. The largest absolute Gasteiger partial charge is 0.185 e. The third-order valence-corrected chi connectivity index (χ3v) is 4.66. The Balaban J connectivity index is 1.91. The van der Waals surface area contributed by atoms with Gasteiger partial charge in [0, 0.05) is 4.90 Å². The molecule has 0 bridgehead atoms. The minimum atomic E-state index is 0.749. The van der Waals surface area contributed by atoms with E-state index >= 15 is 0 Å². The first-order chi connectivity index (χ1) is 8.83. The highest BCUT2D eigenvalue weighted by Gasteiger charge is 2.21. The van der Waals surface area contributed by atoms with E-state index in [0.29, 0.717) is 0 Å². The van der Waals surface area contributed by atoms with Crippen molar-refractivity contribution in [3.63, 3.8) is 0 Å². The Kier molecular flexibility index (Phi) is 5.13. The minimum absolute atomic E-state index is 0.749. The quantitative estimate of drug-likeness (QED) is 0.538. The van der Waals surface area contributed by atoms with E-state index in [-0.39, 0.29) is 0 Å². The van der Waals surface area contributed by atoms with E-state index in [1.807, 2.05) is 0 Å². The summed E-state index contributed by atoms with van der Waals surface area (Å²) in [6.07, 6.45) is 8.21. The molecule has 0 radical (unpaired) electrons. The molecule has 1 nitrogen and oxygen atoms in total. The average molecular weight is 259 g/mol. The first-order valence-corrected chi connectivity index (χ1v) is 7.81. The van der Waals surface area contributed by atoms with Crippen LogP contribution in [-0.4, -0.2) is 0 Å². The van der Waals surface area contributed by atoms with Crippen LogP contribution in [0, 0.1) is 16.6 Å². The number of rotatable bonds is 4. The van der Waals surface area contributed by atoms with E-state index in [4.69, 9.17) is 5.26 Å². The summed E-state index contributed by atoms with van der Waals surface area (Å²) in [5.74, 6) is 1.72. The van der Waals surface area contributed by atoms with Gasteiger partial charge in [-0.15, -0.1) is 0 Å².